The van der Waals surface area contributed by atoms with Crippen LogP contribution in [-0.2, 0) is 9.59 Å². The second-order valence-corrected chi connectivity index (χ2v) is 1.53. The molecule has 0 aliphatic carbocycles. The first-order valence-electron chi connectivity index (χ1n) is 2.24. The summed E-state index contributed by atoms with van der Waals surface area (Å²) in [5, 5.41) is 35.7. The van der Waals surface area contributed by atoms with Crippen molar-refractivity contribution in [3.8, 4) is 0 Å². The van der Waals surface area contributed by atoms with E-state index in [0.717, 1.165) is 0 Å². The number of aliphatic hydroxyl groups is 2. The Morgan fingerprint density at radius 2 is 1.18 bits per heavy atom. The first kappa shape index (κ1) is 13.3. The van der Waals surface area contributed by atoms with Crippen LogP contribution in [0.1, 0.15) is 0 Å². The maximum atomic E-state index is 9.63. The van der Waals surface area contributed by atoms with E-state index in [9.17, 15) is 19.8 Å². The van der Waals surface area contributed by atoms with Crippen molar-refractivity contribution in [2.24, 2.45) is 0 Å². The van der Waals surface area contributed by atoms with Gasteiger partial charge in [-0.05, 0) is 0 Å². The predicted octanol–water partition coefficient (Wildman–Crippen LogP) is -5.71. The average Bonchev–Trinajstić information content (AvgIpc) is 1.84. The molecule has 0 amide bonds. The van der Waals surface area contributed by atoms with Crippen molar-refractivity contribution in [3.63, 3.8) is 0 Å². The number of aliphatic carboxylic acids is 2. The van der Waals surface area contributed by atoms with E-state index in [1.54, 1.807) is 0 Å². The Balaban J connectivity index is 0. The van der Waals surface area contributed by atoms with E-state index in [1.807, 2.05) is 0 Å². The average molecular weight is 269 g/mol. The van der Waals surface area contributed by atoms with Crippen molar-refractivity contribution >= 4 is 35.8 Å². The standard InChI is InChI=1S/C4H6O6.Sn.2H/c5-1(3(7)8)2(6)4(9)10;;;/h1-2,5-6H,(H,7,8)(H,9,10);;;/q;+2;;/p-2. The van der Waals surface area contributed by atoms with Crippen LogP contribution in [0, 0.1) is 0 Å². The molecule has 0 spiro atoms. The number of carbonyl (C=O) groups is 2. The molecule has 6 nitrogen and oxygen atoms in total. The fourth-order valence-electron chi connectivity index (χ4n) is 0.258. The van der Waals surface area contributed by atoms with Gasteiger partial charge in [-0.1, -0.05) is 0 Å². The second-order valence-electron chi connectivity index (χ2n) is 1.53. The SMILES string of the molecule is O=C([O-])C(O)C(O)C(=O)[O-].[SnH2+2]. The van der Waals surface area contributed by atoms with Gasteiger partial charge < -0.3 is 30.0 Å². The fraction of sp³-hybridized carbons (Fsp3) is 0.500. The molecule has 0 rings (SSSR count). The van der Waals surface area contributed by atoms with Crippen LogP contribution in [0.2, 0.25) is 0 Å². The minimum atomic E-state index is -2.44. The van der Waals surface area contributed by atoms with Gasteiger partial charge >= 0.3 is 23.9 Å². The summed E-state index contributed by atoms with van der Waals surface area (Å²) in [4.78, 5) is 19.3. The molecule has 0 aromatic heterocycles. The summed E-state index contributed by atoms with van der Waals surface area (Å²) in [6.45, 7) is 0. The fourth-order valence-corrected chi connectivity index (χ4v) is 0.258. The Morgan fingerprint density at radius 1 is 1.00 bits per heavy atom. The molecule has 62 valence electrons. The third kappa shape index (κ3) is 4.17. The number of carboxylic acids is 2. The Labute approximate surface area is 78.4 Å². The topological polar surface area (TPSA) is 121 Å². The van der Waals surface area contributed by atoms with E-state index < -0.39 is 24.1 Å². The van der Waals surface area contributed by atoms with Crippen molar-refractivity contribution in [1.29, 1.82) is 0 Å². The summed E-state index contributed by atoms with van der Waals surface area (Å²) in [7, 11) is 0. The van der Waals surface area contributed by atoms with Gasteiger partial charge in [0.2, 0.25) is 0 Å². The predicted molar refractivity (Wildman–Crippen MR) is 30.6 cm³/mol. The van der Waals surface area contributed by atoms with E-state index in [2.05, 4.69) is 0 Å². The number of aliphatic hydroxyl groups excluding tert-OH is 2. The van der Waals surface area contributed by atoms with Gasteiger partial charge in [-0.2, -0.15) is 0 Å². The third-order valence-corrected chi connectivity index (χ3v) is 0.782. The van der Waals surface area contributed by atoms with Crippen molar-refractivity contribution in [2.45, 2.75) is 12.2 Å². The summed E-state index contributed by atoms with van der Waals surface area (Å²) >= 11 is 0. The summed E-state index contributed by atoms with van der Waals surface area (Å²) in [5.41, 5.74) is 0. The van der Waals surface area contributed by atoms with Crippen LogP contribution < -0.4 is 10.2 Å². The van der Waals surface area contributed by atoms with Crippen LogP contribution in [0.3, 0.4) is 0 Å². The molecule has 0 saturated carbocycles. The van der Waals surface area contributed by atoms with E-state index >= 15 is 0 Å². The van der Waals surface area contributed by atoms with Crippen molar-refractivity contribution in [3.05, 3.63) is 0 Å². The molecule has 2 N–H and O–H groups in total. The zero-order valence-electron chi connectivity index (χ0n) is 5.39. The monoisotopic (exact) mass is 270 g/mol. The van der Waals surface area contributed by atoms with Crippen LogP contribution in [0.4, 0.5) is 0 Å². The first-order chi connectivity index (χ1) is 4.46. The molecule has 0 fully saturated rings. The maximum absolute atomic E-state index is 9.63. The molecule has 0 saturated heterocycles. The zero-order chi connectivity index (χ0) is 8.31. The molecule has 0 aliphatic rings. The van der Waals surface area contributed by atoms with Crippen LogP contribution in [-0.4, -0.2) is 58.3 Å². The van der Waals surface area contributed by atoms with Crippen LogP contribution in [0.5, 0.6) is 0 Å². The quantitative estimate of drug-likeness (QED) is 0.492. The van der Waals surface area contributed by atoms with Crippen LogP contribution in [0.25, 0.3) is 0 Å². The summed E-state index contributed by atoms with van der Waals surface area (Å²) in [6.07, 6.45) is -4.88. The number of rotatable bonds is 3. The summed E-state index contributed by atoms with van der Waals surface area (Å²) in [5.74, 6) is -4.12. The number of hydrogen-bond acceptors (Lipinski definition) is 6. The molecule has 2 unspecified atom stereocenters. The summed E-state index contributed by atoms with van der Waals surface area (Å²) < 4.78 is 0. The minimum absolute atomic E-state index is 0. The van der Waals surface area contributed by atoms with E-state index in [4.69, 9.17) is 10.2 Å². The molecule has 0 aromatic carbocycles. The van der Waals surface area contributed by atoms with E-state index in [-0.39, 0.29) is 23.9 Å². The van der Waals surface area contributed by atoms with Gasteiger partial charge in [0.25, 0.3) is 0 Å². The van der Waals surface area contributed by atoms with E-state index in [0.29, 0.717) is 0 Å². The number of carbonyl (C=O) groups excluding carboxylic acids is 2. The van der Waals surface area contributed by atoms with Gasteiger partial charge in [-0.25, -0.2) is 0 Å². The molecule has 11 heavy (non-hydrogen) atoms. The Morgan fingerprint density at radius 3 is 1.27 bits per heavy atom. The Kier molecular flexibility index (Phi) is 6.42. The van der Waals surface area contributed by atoms with E-state index in [1.165, 1.54) is 0 Å². The third-order valence-electron chi connectivity index (χ3n) is 0.782. The van der Waals surface area contributed by atoms with Gasteiger partial charge in [-0.3, -0.25) is 0 Å². The number of carboxylic acid groups (broad SMARTS) is 2. The molecule has 7 heteroatoms. The Bertz CT molecular complexity index is 139. The first-order valence-corrected chi connectivity index (χ1v) is 2.24. The molecule has 0 bridgehead atoms. The van der Waals surface area contributed by atoms with Crippen molar-refractivity contribution < 1.29 is 30.0 Å². The molecule has 0 heterocycles. The van der Waals surface area contributed by atoms with Crippen molar-refractivity contribution in [1.82, 2.24) is 0 Å². The molecular weight excluding hydrogens is 263 g/mol. The van der Waals surface area contributed by atoms with Gasteiger partial charge in [0.15, 0.2) is 0 Å². The zero-order valence-corrected chi connectivity index (χ0v) is 9.43. The number of hydrogen-bond donors (Lipinski definition) is 2. The molecule has 2 atom stereocenters. The second kappa shape index (κ2) is 5.33. The Hall–Kier alpha value is -0.341. The van der Waals surface area contributed by atoms with Crippen LogP contribution >= 0.6 is 0 Å². The van der Waals surface area contributed by atoms with Gasteiger partial charge in [0, 0.05) is 0 Å². The molecular formula is C4H6O6Sn. The van der Waals surface area contributed by atoms with Gasteiger partial charge in [0.05, 0.1) is 11.9 Å². The van der Waals surface area contributed by atoms with Crippen molar-refractivity contribution in [2.75, 3.05) is 0 Å². The van der Waals surface area contributed by atoms with Gasteiger partial charge in [-0.15, -0.1) is 0 Å². The van der Waals surface area contributed by atoms with Crippen LogP contribution in [0.15, 0.2) is 0 Å². The summed E-state index contributed by atoms with van der Waals surface area (Å²) in [6, 6.07) is 0. The molecule has 0 aliphatic heterocycles. The molecule has 0 aromatic rings. The normalized spacial score (nSPS) is 14.4. The van der Waals surface area contributed by atoms with Gasteiger partial charge in [0.1, 0.15) is 12.2 Å². The molecule has 0 radical (unpaired) electrons.